The molecule has 0 aliphatic carbocycles. The average Bonchev–Trinajstić information content (AvgIpc) is 2.28. The quantitative estimate of drug-likeness (QED) is 0.809. The summed E-state index contributed by atoms with van der Waals surface area (Å²) in [6, 6.07) is 5.05. The minimum Gasteiger partial charge on any atom is -0.491 e. The molecule has 0 saturated heterocycles. The largest absolute Gasteiger partial charge is 0.491 e. The molecule has 1 N–H and O–H groups in total. The van der Waals surface area contributed by atoms with Crippen LogP contribution in [0.25, 0.3) is 0 Å². The number of aliphatic hydroxyl groups is 1. The SMILES string of the molecule is COCC(O)COc1ccc(Br)c(C=O)c1. The first-order valence-corrected chi connectivity index (χ1v) is 5.51. The Hall–Kier alpha value is -0.910. The Labute approximate surface area is 102 Å². The number of halogens is 1. The van der Waals surface area contributed by atoms with Crippen molar-refractivity contribution in [2.45, 2.75) is 6.10 Å². The monoisotopic (exact) mass is 288 g/mol. The number of ether oxygens (including phenoxy) is 2. The van der Waals surface area contributed by atoms with Crippen LogP contribution in [-0.4, -0.2) is 37.8 Å². The molecule has 0 heterocycles. The van der Waals surface area contributed by atoms with E-state index in [2.05, 4.69) is 15.9 Å². The zero-order valence-electron chi connectivity index (χ0n) is 8.85. The van der Waals surface area contributed by atoms with Gasteiger partial charge in [-0.05, 0) is 18.2 Å². The summed E-state index contributed by atoms with van der Waals surface area (Å²) in [5, 5.41) is 9.36. The van der Waals surface area contributed by atoms with Gasteiger partial charge in [0.05, 0.1) is 6.61 Å². The zero-order valence-corrected chi connectivity index (χ0v) is 10.4. The second-order valence-electron chi connectivity index (χ2n) is 3.22. The van der Waals surface area contributed by atoms with E-state index in [0.29, 0.717) is 15.8 Å². The molecule has 5 heteroatoms. The third-order valence-corrected chi connectivity index (χ3v) is 2.62. The highest BCUT2D eigenvalue weighted by atomic mass is 79.9. The normalized spacial score (nSPS) is 12.2. The van der Waals surface area contributed by atoms with Gasteiger partial charge in [-0.25, -0.2) is 0 Å². The van der Waals surface area contributed by atoms with Gasteiger partial charge in [0.25, 0.3) is 0 Å². The molecule has 88 valence electrons. The average molecular weight is 289 g/mol. The fourth-order valence-corrected chi connectivity index (χ4v) is 1.47. The number of hydrogen-bond acceptors (Lipinski definition) is 4. The van der Waals surface area contributed by atoms with E-state index in [1.165, 1.54) is 7.11 Å². The molecule has 1 rings (SSSR count). The van der Waals surface area contributed by atoms with Gasteiger partial charge in [0.15, 0.2) is 6.29 Å². The molecule has 1 aromatic rings. The van der Waals surface area contributed by atoms with Crippen molar-refractivity contribution >= 4 is 22.2 Å². The van der Waals surface area contributed by atoms with Crippen molar-refractivity contribution in [1.82, 2.24) is 0 Å². The van der Waals surface area contributed by atoms with Crippen LogP contribution in [0.2, 0.25) is 0 Å². The summed E-state index contributed by atoms with van der Waals surface area (Å²) < 4.78 is 10.8. The summed E-state index contributed by atoms with van der Waals surface area (Å²) in [4.78, 5) is 10.7. The van der Waals surface area contributed by atoms with Gasteiger partial charge in [-0.1, -0.05) is 15.9 Å². The lowest BCUT2D eigenvalue weighted by atomic mass is 10.2. The van der Waals surface area contributed by atoms with Crippen LogP contribution in [0.1, 0.15) is 10.4 Å². The van der Waals surface area contributed by atoms with E-state index in [9.17, 15) is 9.90 Å². The number of carbonyl (C=O) groups excluding carboxylic acids is 1. The van der Waals surface area contributed by atoms with Gasteiger partial charge in [-0.15, -0.1) is 0 Å². The molecule has 1 unspecified atom stereocenters. The smallest absolute Gasteiger partial charge is 0.151 e. The van der Waals surface area contributed by atoms with Crippen LogP contribution in [0, 0.1) is 0 Å². The van der Waals surface area contributed by atoms with Crippen molar-refractivity contribution < 1.29 is 19.4 Å². The molecule has 0 radical (unpaired) electrons. The topological polar surface area (TPSA) is 55.8 Å². The molecule has 16 heavy (non-hydrogen) atoms. The number of hydrogen-bond donors (Lipinski definition) is 1. The van der Waals surface area contributed by atoms with Gasteiger partial charge < -0.3 is 14.6 Å². The maximum absolute atomic E-state index is 10.7. The van der Waals surface area contributed by atoms with E-state index in [0.717, 1.165) is 6.29 Å². The van der Waals surface area contributed by atoms with E-state index in [4.69, 9.17) is 9.47 Å². The van der Waals surface area contributed by atoms with E-state index in [-0.39, 0.29) is 13.2 Å². The zero-order chi connectivity index (χ0) is 12.0. The van der Waals surface area contributed by atoms with Crippen molar-refractivity contribution in [3.63, 3.8) is 0 Å². The van der Waals surface area contributed by atoms with Crippen LogP contribution < -0.4 is 4.74 Å². The molecule has 0 bridgehead atoms. The van der Waals surface area contributed by atoms with Crippen LogP contribution in [0.15, 0.2) is 22.7 Å². The molecular weight excluding hydrogens is 276 g/mol. The Bertz CT molecular complexity index is 354. The van der Waals surface area contributed by atoms with E-state index < -0.39 is 6.10 Å². The number of aliphatic hydroxyl groups excluding tert-OH is 1. The van der Waals surface area contributed by atoms with Gasteiger partial charge >= 0.3 is 0 Å². The highest BCUT2D eigenvalue weighted by molar-refractivity contribution is 9.10. The van der Waals surface area contributed by atoms with Crippen molar-refractivity contribution in [3.05, 3.63) is 28.2 Å². The summed E-state index contributed by atoms with van der Waals surface area (Å²) in [5.74, 6) is 0.542. The molecule has 4 nitrogen and oxygen atoms in total. The van der Waals surface area contributed by atoms with Gasteiger partial charge in [0, 0.05) is 17.1 Å². The Morgan fingerprint density at radius 2 is 2.25 bits per heavy atom. The second-order valence-corrected chi connectivity index (χ2v) is 4.08. The number of aldehydes is 1. The number of carbonyl (C=O) groups is 1. The van der Waals surface area contributed by atoms with E-state index >= 15 is 0 Å². The predicted octanol–water partition coefficient (Wildman–Crippen LogP) is 1.65. The second kappa shape index (κ2) is 6.62. The fraction of sp³-hybridized carbons (Fsp3) is 0.364. The third-order valence-electron chi connectivity index (χ3n) is 1.90. The Balaban J connectivity index is 2.57. The summed E-state index contributed by atoms with van der Waals surface area (Å²) in [7, 11) is 1.51. The van der Waals surface area contributed by atoms with Crippen molar-refractivity contribution in [1.29, 1.82) is 0 Å². The van der Waals surface area contributed by atoms with Gasteiger partial charge in [0.2, 0.25) is 0 Å². The van der Waals surface area contributed by atoms with Crippen LogP contribution in [0.5, 0.6) is 5.75 Å². The number of methoxy groups -OCH3 is 1. The van der Waals surface area contributed by atoms with Crippen LogP contribution in [0.3, 0.4) is 0 Å². The van der Waals surface area contributed by atoms with Crippen molar-refractivity contribution in [2.24, 2.45) is 0 Å². The molecule has 0 aliphatic heterocycles. The van der Waals surface area contributed by atoms with Gasteiger partial charge in [-0.2, -0.15) is 0 Å². The number of benzene rings is 1. The summed E-state index contributed by atoms with van der Waals surface area (Å²) in [5.41, 5.74) is 0.513. The van der Waals surface area contributed by atoms with Gasteiger partial charge in [-0.3, -0.25) is 4.79 Å². The molecule has 0 amide bonds. The van der Waals surface area contributed by atoms with Crippen molar-refractivity contribution in [2.75, 3.05) is 20.3 Å². The molecule has 1 atom stereocenters. The third kappa shape index (κ3) is 3.92. The first kappa shape index (κ1) is 13.2. The minimum absolute atomic E-state index is 0.133. The summed E-state index contributed by atoms with van der Waals surface area (Å²) in [6.45, 7) is 0.352. The first-order chi connectivity index (χ1) is 7.67. The molecule has 0 aromatic heterocycles. The molecule has 0 saturated carbocycles. The van der Waals surface area contributed by atoms with Crippen molar-refractivity contribution in [3.8, 4) is 5.75 Å². The molecule has 0 aliphatic rings. The highest BCUT2D eigenvalue weighted by Gasteiger charge is 2.06. The lowest BCUT2D eigenvalue weighted by molar-refractivity contribution is 0.0325. The summed E-state index contributed by atoms with van der Waals surface area (Å²) in [6.07, 6.45) is 0.0658. The number of rotatable bonds is 6. The molecular formula is C11H13BrO4. The van der Waals surface area contributed by atoms with E-state index in [1.807, 2.05) is 0 Å². The Morgan fingerprint density at radius 1 is 1.50 bits per heavy atom. The van der Waals surface area contributed by atoms with Crippen LogP contribution in [-0.2, 0) is 4.74 Å². The molecule has 0 spiro atoms. The molecule has 1 aromatic carbocycles. The Kier molecular flexibility index (Phi) is 5.45. The van der Waals surface area contributed by atoms with Crippen LogP contribution in [0.4, 0.5) is 0 Å². The molecule has 0 fully saturated rings. The maximum atomic E-state index is 10.7. The fourth-order valence-electron chi connectivity index (χ4n) is 1.13. The Morgan fingerprint density at radius 3 is 2.88 bits per heavy atom. The van der Waals surface area contributed by atoms with E-state index in [1.54, 1.807) is 18.2 Å². The highest BCUT2D eigenvalue weighted by Crippen LogP contribution is 2.21. The first-order valence-electron chi connectivity index (χ1n) is 4.72. The minimum atomic E-state index is -0.673. The lowest BCUT2D eigenvalue weighted by Crippen LogP contribution is -2.22. The predicted molar refractivity (Wildman–Crippen MR) is 62.9 cm³/mol. The maximum Gasteiger partial charge on any atom is 0.151 e. The lowest BCUT2D eigenvalue weighted by Gasteiger charge is -2.11. The summed E-state index contributed by atoms with van der Waals surface area (Å²) >= 11 is 3.24. The van der Waals surface area contributed by atoms with Gasteiger partial charge in [0.1, 0.15) is 18.5 Å². The van der Waals surface area contributed by atoms with Crippen LogP contribution >= 0.6 is 15.9 Å². The standard InChI is InChI=1S/C11H13BrO4/c1-15-6-9(14)7-16-10-2-3-11(12)8(4-10)5-13/h2-5,9,14H,6-7H2,1H3.